The average molecular weight is 188 g/mol. The number of aromatic nitrogens is 2. The summed E-state index contributed by atoms with van der Waals surface area (Å²) in [6.45, 7) is 2.66. The number of imidazole rings is 1. The highest BCUT2D eigenvalue weighted by Crippen LogP contribution is 2.16. The molecule has 0 aliphatic heterocycles. The molecule has 4 heteroatoms. The van der Waals surface area contributed by atoms with Gasteiger partial charge in [0.25, 0.3) is 0 Å². The SMILES string of the molecule is CCc1nc(CCN)n(C)c1Cl. The molecule has 0 aromatic carbocycles. The van der Waals surface area contributed by atoms with Gasteiger partial charge in [0.05, 0.1) is 5.69 Å². The second kappa shape index (κ2) is 3.92. The largest absolute Gasteiger partial charge is 0.330 e. The maximum Gasteiger partial charge on any atom is 0.131 e. The van der Waals surface area contributed by atoms with Crippen LogP contribution in [0.5, 0.6) is 0 Å². The Morgan fingerprint density at radius 2 is 2.25 bits per heavy atom. The monoisotopic (exact) mass is 187 g/mol. The third kappa shape index (κ3) is 1.62. The van der Waals surface area contributed by atoms with Gasteiger partial charge in [-0.3, -0.25) is 0 Å². The van der Waals surface area contributed by atoms with Crippen molar-refractivity contribution in [3.63, 3.8) is 0 Å². The van der Waals surface area contributed by atoms with Crippen LogP contribution in [0.2, 0.25) is 5.15 Å². The number of hydrogen-bond donors (Lipinski definition) is 1. The molecule has 0 radical (unpaired) electrons. The van der Waals surface area contributed by atoms with E-state index in [4.69, 9.17) is 17.3 Å². The highest BCUT2D eigenvalue weighted by Gasteiger charge is 2.09. The molecular weight excluding hydrogens is 174 g/mol. The molecule has 1 aromatic rings. The third-order valence-electron chi connectivity index (χ3n) is 1.89. The lowest BCUT2D eigenvalue weighted by Gasteiger charge is -1.98. The van der Waals surface area contributed by atoms with E-state index in [1.165, 1.54) is 0 Å². The smallest absolute Gasteiger partial charge is 0.131 e. The Kier molecular flexibility index (Phi) is 3.12. The lowest BCUT2D eigenvalue weighted by Crippen LogP contribution is -2.07. The van der Waals surface area contributed by atoms with Crippen molar-refractivity contribution in [1.29, 1.82) is 0 Å². The maximum absolute atomic E-state index is 6.01. The minimum atomic E-state index is 0.615. The summed E-state index contributed by atoms with van der Waals surface area (Å²) < 4.78 is 1.90. The zero-order valence-corrected chi connectivity index (χ0v) is 8.23. The summed E-state index contributed by atoms with van der Waals surface area (Å²) in [6.07, 6.45) is 1.66. The van der Waals surface area contributed by atoms with Crippen molar-refractivity contribution in [3.05, 3.63) is 16.7 Å². The van der Waals surface area contributed by atoms with E-state index in [1.807, 2.05) is 18.5 Å². The molecule has 1 rings (SSSR count). The fraction of sp³-hybridized carbons (Fsp3) is 0.625. The molecule has 0 bridgehead atoms. The standard InChI is InChI=1S/C8H14ClN3/c1-3-6-8(9)12(2)7(11-6)4-5-10/h3-5,10H2,1-2H3. The number of rotatable bonds is 3. The number of hydrogen-bond acceptors (Lipinski definition) is 2. The number of halogens is 1. The van der Waals surface area contributed by atoms with Gasteiger partial charge in [-0.1, -0.05) is 18.5 Å². The van der Waals surface area contributed by atoms with Crippen molar-refractivity contribution in [3.8, 4) is 0 Å². The molecule has 0 unspecified atom stereocenters. The molecule has 0 saturated carbocycles. The van der Waals surface area contributed by atoms with Gasteiger partial charge >= 0.3 is 0 Å². The van der Waals surface area contributed by atoms with Crippen molar-refractivity contribution in [2.75, 3.05) is 6.54 Å². The quantitative estimate of drug-likeness (QED) is 0.771. The normalized spacial score (nSPS) is 10.7. The van der Waals surface area contributed by atoms with Crippen molar-refractivity contribution in [1.82, 2.24) is 9.55 Å². The Balaban J connectivity index is 2.98. The lowest BCUT2D eigenvalue weighted by atomic mass is 10.4. The summed E-state index contributed by atoms with van der Waals surface area (Å²) >= 11 is 6.01. The molecule has 1 heterocycles. The van der Waals surface area contributed by atoms with Gasteiger partial charge in [-0.15, -0.1) is 0 Å². The van der Waals surface area contributed by atoms with Gasteiger partial charge in [0.1, 0.15) is 11.0 Å². The maximum atomic E-state index is 6.01. The van der Waals surface area contributed by atoms with Gasteiger partial charge < -0.3 is 10.3 Å². The summed E-state index contributed by atoms with van der Waals surface area (Å²) in [5, 5.41) is 0.737. The zero-order chi connectivity index (χ0) is 9.14. The molecular formula is C8H14ClN3. The van der Waals surface area contributed by atoms with E-state index < -0.39 is 0 Å². The van der Waals surface area contributed by atoms with Crippen LogP contribution in [0.15, 0.2) is 0 Å². The second-order valence-electron chi connectivity index (χ2n) is 2.72. The first-order chi connectivity index (χ1) is 5.70. The first-order valence-electron chi connectivity index (χ1n) is 4.10. The molecule has 3 nitrogen and oxygen atoms in total. The second-order valence-corrected chi connectivity index (χ2v) is 3.07. The van der Waals surface area contributed by atoms with Crippen LogP contribution in [0.3, 0.4) is 0 Å². The minimum Gasteiger partial charge on any atom is -0.330 e. The van der Waals surface area contributed by atoms with Gasteiger partial charge in [-0.25, -0.2) is 4.98 Å². The highest BCUT2D eigenvalue weighted by molar-refractivity contribution is 6.30. The van der Waals surface area contributed by atoms with Crippen LogP contribution in [0.4, 0.5) is 0 Å². The third-order valence-corrected chi connectivity index (χ3v) is 2.36. The lowest BCUT2D eigenvalue weighted by molar-refractivity contribution is 0.778. The van der Waals surface area contributed by atoms with Gasteiger partial charge in [0.15, 0.2) is 0 Å². The predicted molar refractivity (Wildman–Crippen MR) is 50.4 cm³/mol. The summed E-state index contributed by atoms with van der Waals surface area (Å²) in [7, 11) is 1.92. The van der Waals surface area contributed by atoms with E-state index in [0.717, 1.165) is 29.5 Å². The Bertz CT molecular complexity index is 268. The van der Waals surface area contributed by atoms with Crippen molar-refractivity contribution < 1.29 is 0 Å². The number of nitrogens with two attached hydrogens (primary N) is 1. The van der Waals surface area contributed by atoms with E-state index in [9.17, 15) is 0 Å². The number of nitrogens with zero attached hydrogens (tertiary/aromatic N) is 2. The van der Waals surface area contributed by atoms with Crippen molar-refractivity contribution in [2.45, 2.75) is 19.8 Å². The van der Waals surface area contributed by atoms with Gasteiger partial charge in [0, 0.05) is 13.5 Å². The van der Waals surface area contributed by atoms with Crippen molar-refractivity contribution in [2.24, 2.45) is 12.8 Å². The summed E-state index contributed by atoms with van der Waals surface area (Å²) in [6, 6.07) is 0. The van der Waals surface area contributed by atoms with Crippen molar-refractivity contribution >= 4 is 11.6 Å². The molecule has 0 aliphatic carbocycles. The van der Waals surface area contributed by atoms with Crippen LogP contribution in [-0.2, 0) is 19.9 Å². The van der Waals surface area contributed by atoms with Gasteiger partial charge in [-0.05, 0) is 13.0 Å². The molecule has 68 valence electrons. The van der Waals surface area contributed by atoms with Crippen LogP contribution in [-0.4, -0.2) is 16.1 Å². The molecule has 0 aliphatic rings. The molecule has 2 N–H and O–H groups in total. The molecule has 0 fully saturated rings. The predicted octanol–water partition coefficient (Wildman–Crippen LogP) is 1.14. The Morgan fingerprint density at radius 1 is 1.58 bits per heavy atom. The summed E-state index contributed by atoms with van der Waals surface area (Å²) in [4.78, 5) is 4.37. The van der Waals surface area contributed by atoms with E-state index in [0.29, 0.717) is 6.54 Å². The Hall–Kier alpha value is -0.540. The van der Waals surface area contributed by atoms with Crippen LogP contribution in [0.1, 0.15) is 18.4 Å². The first kappa shape index (κ1) is 9.55. The van der Waals surface area contributed by atoms with Crippen LogP contribution in [0.25, 0.3) is 0 Å². The molecule has 0 saturated heterocycles. The summed E-state index contributed by atoms with van der Waals surface area (Å²) in [5.41, 5.74) is 6.39. The van der Waals surface area contributed by atoms with Crippen LogP contribution in [0, 0.1) is 0 Å². The topological polar surface area (TPSA) is 43.8 Å². The van der Waals surface area contributed by atoms with Crippen LogP contribution < -0.4 is 5.73 Å². The van der Waals surface area contributed by atoms with E-state index in [2.05, 4.69) is 4.98 Å². The average Bonchev–Trinajstić information content (AvgIpc) is 2.33. The minimum absolute atomic E-state index is 0.615. The molecule has 0 amide bonds. The van der Waals surface area contributed by atoms with E-state index in [-0.39, 0.29) is 0 Å². The fourth-order valence-electron chi connectivity index (χ4n) is 1.16. The zero-order valence-electron chi connectivity index (χ0n) is 7.47. The molecule has 0 atom stereocenters. The van der Waals surface area contributed by atoms with E-state index >= 15 is 0 Å². The first-order valence-corrected chi connectivity index (χ1v) is 4.48. The Morgan fingerprint density at radius 3 is 2.67 bits per heavy atom. The van der Waals surface area contributed by atoms with Gasteiger partial charge in [-0.2, -0.15) is 0 Å². The van der Waals surface area contributed by atoms with E-state index in [1.54, 1.807) is 0 Å². The number of aryl methyl sites for hydroxylation is 1. The molecule has 0 spiro atoms. The highest BCUT2D eigenvalue weighted by atomic mass is 35.5. The van der Waals surface area contributed by atoms with Gasteiger partial charge in [0.2, 0.25) is 0 Å². The fourth-order valence-corrected chi connectivity index (χ4v) is 1.43. The molecule has 12 heavy (non-hydrogen) atoms. The molecule has 1 aromatic heterocycles. The Labute approximate surface area is 77.5 Å². The van der Waals surface area contributed by atoms with Crippen LogP contribution >= 0.6 is 11.6 Å². The summed E-state index contributed by atoms with van der Waals surface area (Å²) in [5.74, 6) is 0.972.